The van der Waals surface area contributed by atoms with E-state index in [0.29, 0.717) is 18.9 Å². The summed E-state index contributed by atoms with van der Waals surface area (Å²) in [6.45, 7) is 4.28. The van der Waals surface area contributed by atoms with Gasteiger partial charge in [0, 0.05) is 18.9 Å². The largest absolute Gasteiger partial charge is 0.489 e. The van der Waals surface area contributed by atoms with Crippen LogP contribution in [0.3, 0.4) is 0 Å². The summed E-state index contributed by atoms with van der Waals surface area (Å²) in [5.41, 5.74) is 1.82. The third-order valence-corrected chi connectivity index (χ3v) is 3.12. The Balaban J connectivity index is 2.00. The molecule has 2 aromatic rings. The molecular weight excluding hydrogens is 302 g/mol. The second-order valence-corrected chi connectivity index (χ2v) is 4.88. The first kappa shape index (κ1) is 17.0. The van der Waals surface area contributed by atoms with E-state index in [-0.39, 0.29) is 5.57 Å². The highest BCUT2D eigenvalue weighted by Gasteiger charge is 2.07. The van der Waals surface area contributed by atoms with Gasteiger partial charge in [0.2, 0.25) is 0 Å². The van der Waals surface area contributed by atoms with E-state index in [1.54, 1.807) is 42.7 Å². The predicted molar refractivity (Wildman–Crippen MR) is 91.8 cm³/mol. The Hall–Kier alpha value is -3.39. The molecule has 0 radical (unpaired) electrons. The van der Waals surface area contributed by atoms with Gasteiger partial charge in [-0.2, -0.15) is 5.26 Å². The summed E-state index contributed by atoms with van der Waals surface area (Å²) in [6, 6.07) is 12.8. The highest BCUT2D eigenvalue weighted by Crippen LogP contribution is 2.16. The average Bonchev–Trinajstić information content (AvgIpc) is 2.64. The molecule has 0 atom stereocenters. The van der Waals surface area contributed by atoms with Crippen LogP contribution in [0.15, 0.2) is 67.0 Å². The molecule has 0 aliphatic rings. The molecule has 24 heavy (non-hydrogen) atoms. The first-order chi connectivity index (χ1) is 11.7. The van der Waals surface area contributed by atoms with Crippen molar-refractivity contribution >= 4 is 12.0 Å². The Morgan fingerprint density at radius 1 is 1.25 bits per heavy atom. The van der Waals surface area contributed by atoms with Crippen molar-refractivity contribution in [2.24, 2.45) is 0 Å². The predicted octanol–water partition coefficient (Wildman–Crippen LogP) is 2.87. The van der Waals surface area contributed by atoms with Crippen molar-refractivity contribution in [3.05, 3.63) is 78.1 Å². The van der Waals surface area contributed by atoms with E-state index >= 15 is 0 Å². The number of nitrogens with one attached hydrogen (secondary N) is 1. The average molecular weight is 319 g/mol. The third-order valence-electron chi connectivity index (χ3n) is 3.12. The van der Waals surface area contributed by atoms with Crippen LogP contribution in [0.5, 0.6) is 5.75 Å². The lowest BCUT2D eigenvalue weighted by Crippen LogP contribution is -2.24. The van der Waals surface area contributed by atoms with Crippen molar-refractivity contribution in [3.8, 4) is 11.8 Å². The van der Waals surface area contributed by atoms with Crippen LogP contribution in [0.2, 0.25) is 0 Å². The SMILES string of the molecule is C=CCNC(=O)/C(C#N)=C\c1ccc(OCc2ccncc2)cc1. The molecule has 5 nitrogen and oxygen atoms in total. The van der Waals surface area contributed by atoms with E-state index in [9.17, 15) is 4.79 Å². The Morgan fingerprint density at radius 3 is 2.58 bits per heavy atom. The summed E-state index contributed by atoms with van der Waals surface area (Å²) in [5, 5.41) is 11.7. The minimum atomic E-state index is -0.421. The smallest absolute Gasteiger partial charge is 0.262 e. The van der Waals surface area contributed by atoms with E-state index in [1.807, 2.05) is 18.2 Å². The minimum absolute atomic E-state index is 0.0438. The second-order valence-electron chi connectivity index (χ2n) is 4.88. The quantitative estimate of drug-likeness (QED) is 0.484. The maximum absolute atomic E-state index is 11.8. The van der Waals surface area contributed by atoms with Crippen LogP contribution in [0, 0.1) is 11.3 Å². The normalized spacial score (nSPS) is 10.5. The molecule has 0 spiro atoms. The monoisotopic (exact) mass is 319 g/mol. The van der Waals surface area contributed by atoms with E-state index in [0.717, 1.165) is 11.1 Å². The highest BCUT2D eigenvalue weighted by atomic mass is 16.5. The summed E-state index contributed by atoms with van der Waals surface area (Å²) < 4.78 is 5.68. The summed E-state index contributed by atoms with van der Waals surface area (Å²) in [6.07, 6.45) is 6.52. The molecule has 1 amide bonds. The third kappa shape index (κ3) is 5.11. The number of ether oxygens (including phenoxy) is 1. The van der Waals surface area contributed by atoms with E-state index < -0.39 is 5.91 Å². The number of hydrogen-bond donors (Lipinski definition) is 1. The van der Waals surface area contributed by atoms with Gasteiger partial charge in [0.05, 0.1) is 0 Å². The zero-order valence-electron chi connectivity index (χ0n) is 13.1. The fourth-order valence-corrected chi connectivity index (χ4v) is 1.88. The molecule has 2 rings (SSSR count). The van der Waals surface area contributed by atoms with Gasteiger partial charge in [-0.3, -0.25) is 9.78 Å². The standard InChI is InChI=1S/C19H17N3O2/c1-2-9-22-19(23)17(13-20)12-15-3-5-18(6-4-15)24-14-16-7-10-21-11-8-16/h2-8,10-12H,1,9,14H2,(H,22,23)/b17-12-. The zero-order chi connectivity index (χ0) is 17.2. The number of amides is 1. The number of nitrogens with zero attached hydrogens (tertiary/aromatic N) is 2. The van der Waals surface area contributed by atoms with Crippen molar-refractivity contribution in [2.45, 2.75) is 6.61 Å². The molecule has 1 aromatic heterocycles. The van der Waals surface area contributed by atoms with Crippen molar-refractivity contribution in [1.82, 2.24) is 10.3 Å². The van der Waals surface area contributed by atoms with Gasteiger partial charge in [0.15, 0.2) is 0 Å². The van der Waals surface area contributed by atoms with Gasteiger partial charge in [-0.15, -0.1) is 6.58 Å². The fraction of sp³-hybridized carbons (Fsp3) is 0.105. The number of nitriles is 1. The van der Waals surface area contributed by atoms with E-state index in [2.05, 4.69) is 16.9 Å². The molecule has 1 heterocycles. The lowest BCUT2D eigenvalue weighted by atomic mass is 10.1. The van der Waals surface area contributed by atoms with Gasteiger partial charge in [-0.25, -0.2) is 0 Å². The van der Waals surface area contributed by atoms with Crippen LogP contribution >= 0.6 is 0 Å². The zero-order valence-corrected chi connectivity index (χ0v) is 13.1. The summed E-state index contributed by atoms with van der Waals surface area (Å²) in [7, 11) is 0. The van der Waals surface area contributed by atoms with Crippen LogP contribution in [0.4, 0.5) is 0 Å². The second kappa shape index (κ2) is 8.91. The van der Waals surface area contributed by atoms with Crippen LogP contribution in [-0.2, 0) is 11.4 Å². The molecular formula is C19H17N3O2. The number of carbonyl (C=O) groups excluding carboxylic acids is 1. The number of carbonyl (C=O) groups is 1. The highest BCUT2D eigenvalue weighted by molar-refractivity contribution is 6.01. The van der Waals surface area contributed by atoms with E-state index in [1.165, 1.54) is 6.08 Å². The van der Waals surface area contributed by atoms with Crippen LogP contribution in [-0.4, -0.2) is 17.4 Å². The molecule has 0 fully saturated rings. The molecule has 120 valence electrons. The molecule has 0 saturated heterocycles. The Morgan fingerprint density at radius 2 is 1.96 bits per heavy atom. The summed E-state index contributed by atoms with van der Waals surface area (Å²) in [5.74, 6) is 0.286. The topological polar surface area (TPSA) is 75.0 Å². The number of pyridine rings is 1. The molecule has 0 unspecified atom stereocenters. The van der Waals surface area contributed by atoms with Gasteiger partial charge < -0.3 is 10.1 Å². The lowest BCUT2D eigenvalue weighted by Gasteiger charge is -2.06. The Kier molecular flexibility index (Phi) is 6.30. The molecule has 0 aliphatic carbocycles. The Bertz CT molecular complexity index is 759. The number of aromatic nitrogens is 1. The molecule has 0 bridgehead atoms. The number of rotatable bonds is 7. The lowest BCUT2D eigenvalue weighted by molar-refractivity contribution is -0.116. The first-order valence-electron chi connectivity index (χ1n) is 7.35. The maximum atomic E-state index is 11.8. The van der Waals surface area contributed by atoms with Gasteiger partial charge in [-0.1, -0.05) is 18.2 Å². The van der Waals surface area contributed by atoms with Gasteiger partial charge in [0.25, 0.3) is 5.91 Å². The van der Waals surface area contributed by atoms with Gasteiger partial charge >= 0.3 is 0 Å². The van der Waals surface area contributed by atoms with Crippen molar-refractivity contribution in [3.63, 3.8) is 0 Å². The van der Waals surface area contributed by atoms with Crippen molar-refractivity contribution in [2.75, 3.05) is 6.54 Å². The van der Waals surface area contributed by atoms with Crippen LogP contribution in [0.1, 0.15) is 11.1 Å². The van der Waals surface area contributed by atoms with Crippen molar-refractivity contribution in [1.29, 1.82) is 5.26 Å². The van der Waals surface area contributed by atoms with Gasteiger partial charge in [0.1, 0.15) is 24.0 Å². The number of benzene rings is 1. The van der Waals surface area contributed by atoms with E-state index in [4.69, 9.17) is 10.00 Å². The molecule has 1 N–H and O–H groups in total. The van der Waals surface area contributed by atoms with Crippen LogP contribution in [0.25, 0.3) is 6.08 Å². The molecule has 0 aliphatic heterocycles. The summed E-state index contributed by atoms with van der Waals surface area (Å²) in [4.78, 5) is 15.7. The Labute approximate surface area is 140 Å². The minimum Gasteiger partial charge on any atom is -0.489 e. The van der Waals surface area contributed by atoms with Gasteiger partial charge in [-0.05, 0) is 41.5 Å². The fourth-order valence-electron chi connectivity index (χ4n) is 1.88. The summed E-state index contributed by atoms with van der Waals surface area (Å²) >= 11 is 0. The van der Waals surface area contributed by atoms with Crippen LogP contribution < -0.4 is 10.1 Å². The van der Waals surface area contributed by atoms with Crippen molar-refractivity contribution < 1.29 is 9.53 Å². The first-order valence-corrected chi connectivity index (χ1v) is 7.35. The molecule has 0 saturated carbocycles. The molecule has 5 heteroatoms. The molecule has 1 aromatic carbocycles. The number of hydrogen-bond acceptors (Lipinski definition) is 4. The maximum Gasteiger partial charge on any atom is 0.262 e.